The van der Waals surface area contributed by atoms with Crippen molar-refractivity contribution in [3.63, 3.8) is 0 Å². The molecule has 1 aliphatic rings. The summed E-state index contributed by atoms with van der Waals surface area (Å²) in [5.74, 6) is 0.313. The van der Waals surface area contributed by atoms with Crippen LogP contribution in [-0.2, 0) is 17.5 Å². The molecule has 2 heterocycles. The van der Waals surface area contributed by atoms with Gasteiger partial charge in [-0.3, -0.25) is 4.79 Å². The van der Waals surface area contributed by atoms with Crippen molar-refractivity contribution in [3.05, 3.63) is 71.0 Å². The second-order valence-corrected chi connectivity index (χ2v) is 7.02. The third-order valence-electron chi connectivity index (χ3n) is 4.94. The fourth-order valence-corrected chi connectivity index (χ4v) is 3.32. The molecule has 3 aromatic rings. The molecule has 6 nitrogen and oxygen atoms in total. The van der Waals surface area contributed by atoms with Crippen LogP contribution >= 0.6 is 0 Å². The highest BCUT2D eigenvalue weighted by Crippen LogP contribution is 2.31. The van der Waals surface area contributed by atoms with Gasteiger partial charge in [0.25, 0.3) is 5.89 Å². The lowest BCUT2D eigenvalue weighted by Crippen LogP contribution is -2.24. The third-order valence-corrected chi connectivity index (χ3v) is 4.94. The lowest BCUT2D eigenvalue weighted by atomic mass is 10.1. The van der Waals surface area contributed by atoms with Gasteiger partial charge in [-0.1, -0.05) is 17.3 Å². The van der Waals surface area contributed by atoms with Gasteiger partial charge in [-0.05, 0) is 42.0 Å². The predicted octanol–water partition coefficient (Wildman–Crippen LogP) is 4.14. The van der Waals surface area contributed by atoms with E-state index in [1.54, 1.807) is 29.2 Å². The standard InChI is InChI=1S/C21H15F3N4O2/c22-21(23,24)17-7-3-14(4-8-17)11-28-12-16(9-18(28)29)19-26-20(30-27-19)15-5-1-13(10-25)2-6-15/h1-8,16H,9,11-12H2. The van der Waals surface area contributed by atoms with E-state index in [-0.39, 0.29) is 24.8 Å². The number of rotatable bonds is 4. The zero-order valence-corrected chi connectivity index (χ0v) is 15.6. The number of nitrogens with zero attached hydrogens (tertiary/aromatic N) is 4. The van der Waals surface area contributed by atoms with E-state index >= 15 is 0 Å². The van der Waals surface area contributed by atoms with E-state index in [0.717, 1.165) is 12.1 Å². The van der Waals surface area contributed by atoms with Crippen LogP contribution in [0.1, 0.15) is 34.9 Å². The Labute approximate surface area is 169 Å². The second kappa shape index (κ2) is 7.63. The van der Waals surface area contributed by atoms with Gasteiger partial charge in [-0.15, -0.1) is 0 Å². The second-order valence-electron chi connectivity index (χ2n) is 7.02. The van der Waals surface area contributed by atoms with Crippen LogP contribution in [0, 0.1) is 11.3 Å². The van der Waals surface area contributed by atoms with E-state index in [1.807, 2.05) is 6.07 Å². The van der Waals surface area contributed by atoms with Crippen molar-refractivity contribution in [1.29, 1.82) is 5.26 Å². The van der Waals surface area contributed by atoms with Crippen LogP contribution < -0.4 is 0 Å². The van der Waals surface area contributed by atoms with Gasteiger partial charge in [0.1, 0.15) is 0 Å². The van der Waals surface area contributed by atoms with E-state index in [1.165, 1.54) is 12.1 Å². The van der Waals surface area contributed by atoms with Crippen LogP contribution in [0.15, 0.2) is 53.1 Å². The summed E-state index contributed by atoms with van der Waals surface area (Å²) in [7, 11) is 0. The molecule has 0 radical (unpaired) electrons. The maximum Gasteiger partial charge on any atom is 0.416 e. The Hall–Kier alpha value is -3.67. The first kappa shape index (κ1) is 19.6. The number of carbonyl (C=O) groups excluding carboxylic acids is 1. The minimum atomic E-state index is -4.39. The fraction of sp³-hybridized carbons (Fsp3) is 0.238. The van der Waals surface area contributed by atoms with Crippen LogP contribution in [-0.4, -0.2) is 27.5 Å². The summed E-state index contributed by atoms with van der Waals surface area (Å²) in [6.45, 7) is 0.569. The summed E-state index contributed by atoms with van der Waals surface area (Å²) in [6, 6.07) is 13.5. The molecule has 1 saturated heterocycles. The van der Waals surface area contributed by atoms with Crippen molar-refractivity contribution in [1.82, 2.24) is 15.0 Å². The van der Waals surface area contributed by atoms with Gasteiger partial charge in [0.05, 0.1) is 17.2 Å². The summed E-state index contributed by atoms with van der Waals surface area (Å²) >= 11 is 0. The third kappa shape index (κ3) is 4.03. The van der Waals surface area contributed by atoms with E-state index in [9.17, 15) is 18.0 Å². The van der Waals surface area contributed by atoms with E-state index < -0.39 is 11.7 Å². The van der Waals surface area contributed by atoms with Gasteiger partial charge < -0.3 is 9.42 Å². The summed E-state index contributed by atoms with van der Waals surface area (Å²) in [5.41, 5.74) is 1.07. The van der Waals surface area contributed by atoms with E-state index in [2.05, 4.69) is 10.1 Å². The number of carbonyl (C=O) groups is 1. The number of hydrogen-bond donors (Lipinski definition) is 0. The van der Waals surface area contributed by atoms with Crippen molar-refractivity contribution in [2.45, 2.75) is 25.1 Å². The number of benzene rings is 2. The first-order valence-corrected chi connectivity index (χ1v) is 9.11. The Kier molecular flexibility index (Phi) is 4.99. The summed E-state index contributed by atoms with van der Waals surface area (Å²) in [6.07, 6.45) is -4.19. The predicted molar refractivity (Wildman–Crippen MR) is 98.7 cm³/mol. The van der Waals surface area contributed by atoms with Crippen molar-refractivity contribution >= 4 is 5.91 Å². The molecule has 1 fully saturated rings. The minimum Gasteiger partial charge on any atom is -0.338 e. The molecule has 0 bridgehead atoms. The van der Waals surface area contributed by atoms with Gasteiger partial charge >= 0.3 is 6.18 Å². The lowest BCUT2D eigenvalue weighted by Gasteiger charge is -2.16. The first-order valence-electron chi connectivity index (χ1n) is 9.11. The number of aromatic nitrogens is 2. The van der Waals surface area contributed by atoms with Crippen LogP contribution in [0.2, 0.25) is 0 Å². The Balaban J connectivity index is 1.43. The van der Waals surface area contributed by atoms with Gasteiger partial charge in [0.2, 0.25) is 5.91 Å². The molecule has 1 aliphatic heterocycles. The maximum atomic E-state index is 12.7. The Morgan fingerprint density at radius 2 is 1.83 bits per heavy atom. The van der Waals surface area contributed by atoms with Crippen molar-refractivity contribution in [2.24, 2.45) is 0 Å². The van der Waals surface area contributed by atoms with Crippen LogP contribution in [0.5, 0.6) is 0 Å². The quantitative estimate of drug-likeness (QED) is 0.643. The lowest BCUT2D eigenvalue weighted by molar-refractivity contribution is -0.137. The molecular weight excluding hydrogens is 397 g/mol. The average molecular weight is 412 g/mol. The van der Waals surface area contributed by atoms with Gasteiger partial charge in [0.15, 0.2) is 5.82 Å². The Morgan fingerprint density at radius 3 is 2.47 bits per heavy atom. The molecule has 1 amide bonds. The average Bonchev–Trinajstić information content (AvgIpc) is 3.35. The van der Waals surface area contributed by atoms with Gasteiger partial charge in [0, 0.05) is 31.0 Å². The SMILES string of the molecule is N#Cc1ccc(-c2nc(C3CC(=O)N(Cc4ccc(C(F)(F)F)cc4)C3)no2)cc1. The number of nitriles is 1. The summed E-state index contributed by atoms with van der Waals surface area (Å²) < 4.78 is 43.3. The van der Waals surface area contributed by atoms with Crippen LogP contribution in [0.3, 0.4) is 0 Å². The molecule has 0 aliphatic carbocycles. The van der Waals surface area contributed by atoms with Crippen LogP contribution in [0.25, 0.3) is 11.5 Å². The Morgan fingerprint density at radius 1 is 1.13 bits per heavy atom. The molecule has 9 heteroatoms. The summed E-state index contributed by atoms with van der Waals surface area (Å²) in [4.78, 5) is 18.3. The zero-order chi connectivity index (χ0) is 21.3. The van der Waals surface area contributed by atoms with Crippen molar-refractivity contribution in [3.8, 4) is 17.5 Å². The molecule has 4 rings (SSSR count). The molecule has 1 atom stereocenters. The molecule has 0 saturated carbocycles. The topological polar surface area (TPSA) is 83.0 Å². The normalized spacial score (nSPS) is 16.7. The largest absolute Gasteiger partial charge is 0.416 e. The molecule has 1 unspecified atom stereocenters. The van der Waals surface area contributed by atoms with Gasteiger partial charge in [-0.25, -0.2) is 0 Å². The molecule has 152 valence electrons. The van der Waals surface area contributed by atoms with E-state index in [0.29, 0.717) is 35.0 Å². The molecular formula is C21H15F3N4O2. The van der Waals surface area contributed by atoms with Crippen LogP contribution in [0.4, 0.5) is 13.2 Å². The zero-order valence-electron chi connectivity index (χ0n) is 15.6. The smallest absolute Gasteiger partial charge is 0.338 e. The molecule has 1 aromatic heterocycles. The highest BCUT2D eigenvalue weighted by Gasteiger charge is 2.34. The highest BCUT2D eigenvalue weighted by atomic mass is 19.4. The first-order chi connectivity index (χ1) is 14.3. The van der Waals surface area contributed by atoms with Gasteiger partial charge in [-0.2, -0.15) is 23.4 Å². The van der Waals surface area contributed by atoms with E-state index in [4.69, 9.17) is 9.78 Å². The Bertz CT molecular complexity index is 1100. The number of halogens is 3. The molecule has 0 N–H and O–H groups in total. The maximum absolute atomic E-state index is 12.7. The number of alkyl halides is 3. The number of likely N-dealkylation sites (tertiary alicyclic amines) is 1. The van der Waals surface area contributed by atoms with Crippen molar-refractivity contribution in [2.75, 3.05) is 6.54 Å². The number of hydrogen-bond acceptors (Lipinski definition) is 5. The monoisotopic (exact) mass is 412 g/mol. The summed E-state index contributed by atoms with van der Waals surface area (Å²) in [5, 5.41) is 12.8. The number of amides is 1. The minimum absolute atomic E-state index is 0.121. The molecule has 30 heavy (non-hydrogen) atoms. The molecule has 2 aromatic carbocycles. The fourth-order valence-electron chi connectivity index (χ4n) is 3.32. The molecule has 0 spiro atoms. The highest BCUT2D eigenvalue weighted by molar-refractivity contribution is 5.79. The van der Waals surface area contributed by atoms with Crippen molar-refractivity contribution < 1.29 is 22.5 Å².